The third-order valence-electron chi connectivity index (χ3n) is 2.80. The molecule has 0 saturated carbocycles. The Morgan fingerprint density at radius 2 is 2.22 bits per heavy atom. The van der Waals surface area contributed by atoms with E-state index < -0.39 is 0 Å². The molecule has 0 aliphatic heterocycles. The van der Waals surface area contributed by atoms with Gasteiger partial charge in [0, 0.05) is 24.0 Å². The molecule has 1 heterocycles. The summed E-state index contributed by atoms with van der Waals surface area (Å²) in [6.07, 6.45) is 1.92. The number of hydrogen-bond acceptors (Lipinski definition) is 2. The molecule has 0 fully saturated rings. The Labute approximate surface area is 105 Å². The zero-order valence-corrected chi connectivity index (χ0v) is 10.2. The minimum absolute atomic E-state index is 0.335. The van der Waals surface area contributed by atoms with Gasteiger partial charge in [0.05, 0.1) is 18.2 Å². The normalized spacial score (nSPS) is 10.3. The fraction of sp³-hybridized carbons (Fsp3) is 0.214. The topological polar surface area (TPSA) is 40.8 Å². The molecule has 0 amide bonds. The summed E-state index contributed by atoms with van der Waals surface area (Å²) < 4.78 is 15.8. The van der Waals surface area contributed by atoms with Gasteiger partial charge in [0.25, 0.3) is 0 Å². The van der Waals surface area contributed by atoms with E-state index in [1.807, 2.05) is 36.0 Å². The highest BCUT2D eigenvalue weighted by molar-refractivity contribution is 5.33. The zero-order chi connectivity index (χ0) is 13.0. The predicted octanol–water partition coefficient (Wildman–Crippen LogP) is 2.27. The van der Waals surface area contributed by atoms with E-state index in [9.17, 15) is 4.39 Å². The molecule has 0 aliphatic rings. The van der Waals surface area contributed by atoms with E-state index in [-0.39, 0.29) is 5.82 Å². The summed E-state index contributed by atoms with van der Waals surface area (Å²) >= 11 is 0. The van der Waals surface area contributed by atoms with Gasteiger partial charge in [0.2, 0.25) is 0 Å². The van der Waals surface area contributed by atoms with Crippen LogP contribution in [0.5, 0.6) is 0 Å². The summed E-state index contributed by atoms with van der Waals surface area (Å²) in [5.41, 5.74) is 2.03. The van der Waals surface area contributed by atoms with Crippen molar-refractivity contribution in [3.8, 4) is 6.07 Å². The monoisotopic (exact) mass is 243 g/mol. The molecule has 2 aromatic rings. The molecule has 4 heteroatoms. The fourth-order valence-corrected chi connectivity index (χ4v) is 1.87. The van der Waals surface area contributed by atoms with Gasteiger partial charge in [-0.1, -0.05) is 6.07 Å². The van der Waals surface area contributed by atoms with Crippen LogP contribution < -0.4 is 5.32 Å². The highest BCUT2D eigenvalue weighted by Crippen LogP contribution is 2.13. The van der Waals surface area contributed by atoms with Crippen LogP contribution >= 0.6 is 0 Å². The van der Waals surface area contributed by atoms with Gasteiger partial charge in [-0.3, -0.25) is 0 Å². The van der Waals surface area contributed by atoms with Gasteiger partial charge in [0.15, 0.2) is 0 Å². The van der Waals surface area contributed by atoms with Gasteiger partial charge in [-0.2, -0.15) is 5.26 Å². The molecule has 0 radical (unpaired) electrons. The average molecular weight is 243 g/mol. The van der Waals surface area contributed by atoms with Crippen LogP contribution in [0.25, 0.3) is 0 Å². The van der Waals surface area contributed by atoms with Crippen molar-refractivity contribution >= 4 is 0 Å². The van der Waals surface area contributed by atoms with Crippen molar-refractivity contribution in [1.82, 2.24) is 9.88 Å². The first-order chi connectivity index (χ1) is 8.74. The Bertz CT molecular complexity index is 581. The first-order valence-corrected chi connectivity index (χ1v) is 5.71. The number of nitriles is 1. The molecule has 0 aliphatic carbocycles. The van der Waals surface area contributed by atoms with Crippen LogP contribution in [-0.4, -0.2) is 11.6 Å². The second kappa shape index (κ2) is 5.48. The Kier molecular flexibility index (Phi) is 3.75. The van der Waals surface area contributed by atoms with E-state index >= 15 is 0 Å². The molecule has 3 nitrogen and oxygen atoms in total. The second-order valence-electron chi connectivity index (χ2n) is 4.08. The van der Waals surface area contributed by atoms with Gasteiger partial charge in [-0.05, 0) is 31.3 Å². The Morgan fingerprint density at radius 1 is 1.39 bits per heavy atom. The minimum atomic E-state index is -0.335. The fourth-order valence-electron chi connectivity index (χ4n) is 1.87. The first-order valence-electron chi connectivity index (χ1n) is 5.71. The molecule has 0 saturated heterocycles. The molecule has 92 valence electrons. The highest BCUT2D eigenvalue weighted by atomic mass is 19.1. The lowest BCUT2D eigenvalue weighted by molar-refractivity contribution is 0.592. The standard InChI is InChI=1S/C14H14FN3/c1-17-9-13-3-2-6-18(13)10-12-5-4-11(8-16)7-14(12)15/h2-7,17H,9-10H2,1H3. The molecule has 1 aromatic carbocycles. The Hall–Kier alpha value is -2.12. The maximum Gasteiger partial charge on any atom is 0.129 e. The van der Waals surface area contributed by atoms with Gasteiger partial charge in [-0.25, -0.2) is 4.39 Å². The summed E-state index contributed by atoms with van der Waals surface area (Å²) in [7, 11) is 1.87. The number of aromatic nitrogens is 1. The van der Waals surface area contributed by atoms with E-state index in [2.05, 4.69) is 5.32 Å². The maximum absolute atomic E-state index is 13.8. The number of nitrogens with zero attached hydrogens (tertiary/aromatic N) is 2. The van der Waals surface area contributed by atoms with Crippen molar-refractivity contribution in [3.05, 3.63) is 59.2 Å². The number of nitrogens with one attached hydrogen (secondary N) is 1. The predicted molar refractivity (Wildman–Crippen MR) is 67.4 cm³/mol. The summed E-state index contributed by atoms with van der Waals surface area (Å²) in [5.74, 6) is -0.335. The molecule has 0 atom stereocenters. The van der Waals surface area contributed by atoms with E-state index in [0.29, 0.717) is 17.7 Å². The van der Waals surface area contributed by atoms with Crippen molar-refractivity contribution in [3.63, 3.8) is 0 Å². The Balaban J connectivity index is 2.23. The lowest BCUT2D eigenvalue weighted by Crippen LogP contribution is -2.12. The van der Waals surface area contributed by atoms with Crippen LogP contribution in [-0.2, 0) is 13.1 Å². The van der Waals surface area contributed by atoms with E-state index in [1.165, 1.54) is 6.07 Å². The Morgan fingerprint density at radius 3 is 2.89 bits per heavy atom. The molecule has 0 spiro atoms. The summed E-state index contributed by atoms with van der Waals surface area (Å²) in [4.78, 5) is 0. The number of hydrogen-bond donors (Lipinski definition) is 1. The number of benzene rings is 1. The van der Waals surface area contributed by atoms with Crippen molar-refractivity contribution < 1.29 is 4.39 Å². The van der Waals surface area contributed by atoms with Gasteiger partial charge < -0.3 is 9.88 Å². The largest absolute Gasteiger partial charge is 0.346 e. The average Bonchev–Trinajstić information content (AvgIpc) is 2.80. The number of halogens is 1. The smallest absolute Gasteiger partial charge is 0.129 e. The molecule has 2 rings (SSSR count). The quantitative estimate of drug-likeness (QED) is 0.894. The summed E-state index contributed by atoms with van der Waals surface area (Å²) in [5, 5.41) is 11.8. The van der Waals surface area contributed by atoms with Crippen LogP contribution in [0.2, 0.25) is 0 Å². The molecule has 18 heavy (non-hydrogen) atoms. The van der Waals surface area contributed by atoms with Crippen LogP contribution in [0.15, 0.2) is 36.5 Å². The van der Waals surface area contributed by atoms with Gasteiger partial charge in [-0.15, -0.1) is 0 Å². The van der Waals surface area contributed by atoms with Crippen molar-refractivity contribution in [1.29, 1.82) is 5.26 Å². The van der Waals surface area contributed by atoms with Crippen molar-refractivity contribution in [2.24, 2.45) is 0 Å². The van der Waals surface area contributed by atoms with Crippen LogP contribution in [0, 0.1) is 17.1 Å². The van der Waals surface area contributed by atoms with E-state index in [4.69, 9.17) is 5.26 Å². The molecule has 1 N–H and O–H groups in total. The van der Waals surface area contributed by atoms with Crippen LogP contribution in [0.1, 0.15) is 16.8 Å². The molecule has 0 unspecified atom stereocenters. The minimum Gasteiger partial charge on any atom is -0.346 e. The SMILES string of the molecule is CNCc1cccn1Cc1ccc(C#N)cc1F. The van der Waals surface area contributed by atoms with Gasteiger partial charge >= 0.3 is 0 Å². The second-order valence-corrected chi connectivity index (χ2v) is 4.08. The third-order valence-corrected chi connectivity index (χ3v) is 2.80. The number of rotatable bonds is 4. The molecule has 1 aromatic heterocycles. The maximum atomic E-state index is 13.8. The van der Waals surface area contributed by atoms with Crippen LogP contribution in [0.4, 0.5) is 4.39 Å². The zero-order valence-electron chi connectivity index (χ0n) is 10.2. The first kappa shape index (κ1) is 12.3. The summed E-state index contributed by atoms with van der Waals surface area (Å²) in [6, 6.07) is 10.4. The van der Waals surface area contributed by atoms with Gasteiger partial charge in [0.1, 0.15) is 5.82 Å². The molecule has 0 bridgehead atoms. The molecular formula is C14H14FN3. The highest BCUT2D eigenvalue weighted by Gasteiger charge is 2.06. The van der Waals surface area contributed by atoms with E-state index in [1.54, 1.807) is 12.1 Å². The van der Waals surface area contributed by atoms with E-state index in [0.717, 1.165) is 12.2 Å². The molecular weight excluding hydrogens is 229 g/mol. The summed E-state index contributed by atoms with van der Waals surface area (Å²) in [6.45, 7) is 1.21. The third kappa shape index (κ3) is 2.58. The lowest BCUT2D eigenvalue weighted by atomic mass is 10.1. The lowest BCUT2D eigenvalue weighted by Gasteiger charge is -2.10. The van der Waals surface area contributed by atoms with Crippen molar-refractivity contribution in [2.45, 2.75) is 13.1 Å². The van der Waals surface area contributed by atoms with Crippen molar-refractivity contribution in [2.75, 3.05) is 7.05 Å². The van der Waals surface area contributed by atoms with Crippen LogP contribution in [0.3, 0.4) is 0 Å².